The van der Waals surface area contributed by atoms with Crippen molar-refractivity contribution in [2.75, 3.05) is 18.4 Å². The number of thiophene rings is 1. The number of hydrogen-bond acceptors (Lipinski definition) is 6. The van der Waals surface area contributed by atoms with Gasteiger partial charge in [-0.1, -0.05) is 30.7 Å². The van der Waals surface area contributed by atoms with Gasteiger partial charge in [0.05, 0.1) is 18.0 Å². The first-order valence-electron chi connectivity index (χ1n) is 8.28. The van der Waals surface area contributed by atoms with Gasteiger partial charge in [-0.05, 0) is 42.6 Å². The molecule has 0 atom stereocenters. The highest BCUT2D eigenvalue weighted by Gasteiger charge is 2.16. The van der Waals surface area contributed by atoms with E-state index in [0.29, 0.717) is 29.0 Å². The Labute approximate surface area is 160 Å². The average molecular weight is 391 g/mol. The van der Waals surface area contributed by atoms with E-state index in [1.54, 1.807) is 35.6 Å². The molecule has 0 unspecified atom stereocenters. The van der Waals surface area contributed by atoms with Gasteiger partial charge in [0.15, 0.2) is 0 Å². The molecule has 26 heavy (non-hydrogen) atoms. The maximum Gasteiger partial charge on any atom is 0.257 e. The van der Waals surface area contributed by atoms with Gasteiger partial charge < -0.3 is 9.73 Å². The minimum absolute atomic E-state index is 0.112. The molecule has 0 aliphatic carbocycles. The SMILES string of the molecule is CCCN(CC(=O)Nc1cccc(Cl)c1)Cc1nnc(-c2cccs2)o1. The van der Waals surface area contributed by atoms with Crippen molar-refractivity contribution in [3.63, 3.8) is 0 Å². The number of benzene rings is 1. The van der Waals surface area contributed by atoms with Crippen LogP contribution in [0.4, 0.5) is 5.69 Å². The third kappa shape index (κ3) is 5.14. The summed E-state index contributed by atoms with van der Waals surface area (Å²) in [7, 11) is 0. The summed E-state index contributed by atoms with van der Waals surface area (Å²) in [6.07, 6.45) is 0.913. The minimum Gasteiger partial charge on any atom is -0.419 e. The molecule has 3 aromatic rings. The largest absolute Gasteiger partial charge is 0.419 e. The zero-order valence-corrected chi connectivity index (χ0v) is 15.9. The molecule has 0 radical (unpaired) electrons. The second kappa shape index (κ2) is 8.93. The predicted molar refractivity (Wildman–Crippen MR) is 103 cm³/mol. The van der Waals surface area contributed by atoms with Crippen molar-refractivity contribution in [3.8, 4) is 10.8 Å². The molecule has 1 N–H and O–H groups in total. The van der Waals surface area contributed by atoms with Crippen LogP contribution in [0.15, 0.2) is 46.2 Å². The van der Waals surface area contributed by atoms with E-state index in [2.05, 4.69) is 22.4 Å². The van der Waals surface area contributed by atoms with E-state index in [1.165, 1.54) is 0 Å². The fraction of sp³-hybridized carbons (Fsp3) is 0.278. The summed E-state index contributed by atoms with van der Waals surface area (Å²) in [6, 6.07) is 11.0. The van der Waals surface area contributed by atoms with Gasteiger partial charge >= 0.3 is 0 Å². The first-order valence-corrected chi connectivity index (χ1v) is 9.54. The topological polar surface area (TPSA) is 71.3 Å². The number of rotatable bonds is 8. The smallest absolute Gasteiger partial charge is 0.257 e. The second-order valence-corrected chi connectivity index (χ2v) is 7.13. The molecule has 0 aliphatic heterocycles. The van der Waals surface area contributed by atoms with E-state index in [4.69, 9.17) is 16.0 Å². The minimum atomic E-state index is -0.112. The summed E-state index contributed by atoms with van der Waals surface area (Å²) in [4.78, 5) is 15.2. The predicted octanol–water partition coefficient (Wildman–Crippen LogP) is 4.30. The lowest BCUT2D eigenvalue weighted by Gasteiger charge is -2.19. The van der Waals surface area contributed by atoms with Gasteiger partial charge in [-0.25, -0.2) is 0 Å². The fourth-order valence-electron chi connectivity index (χ4n) is 2.51. The number of anilines is 1. The average Bonchev–Trinajstić information content (AvgIpc) is 3.26. The third-order valence-corrected chi connectivity index (χ3v) is 4.67. The molecule has 2 aromatic heterocycles. The van der Waals surface area contributed by atoms with Gasteiger partial charge in [0.1, 0.15) is 0 Å². The molecular formula is C18H19ClN4O2S. The van der Waals surface area contributed by atoms with Crippen LogP contribution in [0.25, 0.3) is 10.8 Å². The molecule has 0 fully saturated rings. The Morgan fingerprint density at radius 2 is 2.19 bits per heavy atom. The standard InChI is InChI=1S/C18H19ClN4O2S/c1-2-8-23(11-16(24)20-14-6-3-5-13(19)10-14)12-17-21-22-18(25-17)15-7-4-9-26-15/h3-7,9-10H,2,8,11-12H2,1H3,(H,20,24). The lowest BCUT2D eigenvalue weighted by molar-refractivity contribution is -0.117. The summed E-state index contributed by atoms with van der Waals surface area (Å²) in [6.45, 7) is 3.47. The highest BCUT2D eigenvalue weighted by molar-refractivity contribution is 7.13. The van der Waals surface area contributed by atoms with Gasteiger partial charge in [0, 0.05) is 10.7 Å². The Morgan fingerprint density at radius 3 is 2.92 bits per heavy atom. The number of carbonyl (C=O) groups excluding carboxylic acids is 1. The summed E-state index contributed by atoms with van der Waals surface area (Å²) >= 11 is 7.49. The van der Waals surface area contributed by atoms with Crippen molar-refractivity contribution in [1.29, 1.82) is 0 Å². The molecule has 6 nitrogen and oxygen atoms in total. The van der Waals surface area contributed by atoms with E-state index >= 15 is 0 Å². The lowest BCUT2D eigenvalue weighted by atomic mass is 10.3. The van der Waals surface area contributed by atoms with Gasteiger partial charge in [0.2, 0.25) is 11.8 Å². The summed E-state index contributed by atoms with van der Waals surface area (Å²) in [5.74, 6) is 0.894. The number of hydrogen-bond donors (Lipinski definition) is 1. The van der Waals surface area contributed by atoms with E-state index < -0.39 is 0 Å². The molecule has 0 spiro atoms. The van der Waals surface area contributed by atoms with E-state index in [1.807, 2.05) is 22.4 Å². The van der Waals surface area contributed by atoms with Crippen molar-refractivity contribution in [1.82, 2.24) is 15.1 Å². The first kappa shape index (κ1) is 18.6. The molecule has 1 amide bonds. The quantitative estimate of drug-likeness (QED) is 0.620. The van der Waals surface area contributed by atoms with Crippen LogP contribution in [0.5, 0.6) is 0 Å². The molecule has 3 rings (SSSR count). The van der Waals surface area contributed by atoms with E-state index in [-0.39, 0.29) is 12.5 Å². The number of nitrogens with zero attached hydrogens (tertiary/aromatic N) is 3. The molecule has 8 heteroatoms. The van der Waals surface area contributed by atoms with Crippen LogP contribution >= 0.6 is 22.9 Å². The Hall–Kier alpha value is -2.22. The Bertz CT molecular complexity index is 851. The van der Waals surface area contributed by atoms with Crippen LogP contribution in [0.2, 0.25) is 5.02 Å². The number of carbonyl (C=O) groups is 1. The van der Waals surface area contributed by atoms with Crippen molar-refractivity contribution in [2.24, 2.45) is 0 Å². The molecule has 0 saturated carbocycles. The van der Waals surface area contributed by atoms with E-state index in [9.17, 15) is 4.79 Å². The van der Waals surface area contributed by atoms with Crippen molar-refractivity contribution >= 4 is 34.5 Å². The number of aromatic nitrogens is 2. The molecule has 0 bridgehead atoms. The van der Waals surface area contributed by atoms with Gasteiger partial charge in [-0.15, -0.1) is 21.5 Å². The van der Waals surface area contributed by atoms with Crippen LogP contribution in [0.1, 0.15) is 19.2 Å². The molecule has 1 aromatic carbocycles. The third-order valence-electron chi connectivity index (χ3n) is 3.57. The van der Waals surface area contributed by atoms with Gasteiger partial charge in [-0.3, -0.25) is 9.69 Å². The Balaban J connectivity index is 1.61. The monoisotopic (exact) mass is 390 g/mol. The number of halogens is 1. The summed E-state index contributed by atoms with van der Waals surface area (Å²) in [5, 5.41) is 13.6. The number of amides is 1. The van der Waals surface area contributed by atoms with Crippen LogP contribution in [0.3, 0.4) is 0 Å². The zero-order chi connectivity index (χ0) is 18.4. The van der Waals surface area contributed by atoms with Gasteiger partial charge in [-0.2, -0.15) is 0 Å². The van der Waals surface area contributed by atoms with Crippen LogP contribution < -0.4 is 5.32 Å². The zero-order valence-electron chi connectivity index (χ0n) is 14.3. The molecule has 0 saturated heterocycles. The number of nitrogens with one attached hydrogen (secondary N) is 1. The van der Waals surface area contributed by atoms with Gasteiger partial charge in [0.25, 0.3) is 5.89 Å². The maximum absolute atomic E-state index is 12.3. The van der Waals surface area contributed by atoms with Crippen molar-refractivity contribution in [3.05, 3.63) is 52.7 Å². The normalized spacial score (nSPS) is 11.0. The van der Waals surface area contributed by atoms with Crippen molar-refractivity contribution in [2.45, 2.75) is 19.9 Å². The fourth-order valence-corrected chi connectivity index (χ4v) is 3.34. The Kier molecular flexibility index (Phi) is 6.38. The van der Waals surface area contributed by atoms with E-state index in [0.717, 1.165) is 17.8 Å². The first-order chi connectivity index (χ1) is 12.6. The molecule has 0 aliphatic rings. The highest BCUT2D eigenvalue weighted by atomic mass is 35.5. The van der Waals surface area contributed by atoms with Crippen LogP contribution in [-0.4, -0.2) is 34.1 Å². The maximum atomic E-state index is 12.3. The lowest BCUT2D eigenvalue weighted by Crippen LogP contribution is -2.33. The summed E-state index contributed by atoms with van der Waals surface area (Å²) < 4.78 is 5.72. The molecular weight excluding hydrogens is 372 g/mol. The summed E-state index contributed by atoms with van der Waals surface area (Å²) in [5.41, 5.74) is 0.678. The van der Waals surface area contributed by atoms with Crippen LogP contribution in [-0.2, 0) is 11.3 Å². The second-order valence-electron chi connectivity index (χ2n) is 5.75. The van der Waals surface area contributed by atoms with Crippen LogP contribution in [0, 0.1) is 0 Å². The van der Waals surface area contributed by atoms with Crippen molar-refractivity contribution < 1.29 is 9.21 Å². The molecule has 2 heterocycles. The Morgan fingerprint density at radius 1 is 1.31 bits per heavy atom. The highest BCUT2D eigenvalue weighted by Crippen LogP contribution is 2.23. The molecule has 136 valence electrons.